The van der Waals surface area contributed by atoms with Gasteiger partial charge in [0.2, 0.25) is 5.91 Å². The fourth-order valence-electron chi connectivity index (χ4n) is 5.59. The molecule has 2 aliphatic rings. The summed E-state index contributed by atoms with van der Waals surface area (Å²) in [6.45, 7) is 4.81. The van der Waals surface area contributed by atoms with E-state index in [1.165, 1.54) is 6.92 Å². The van der Waals surface area contributed by atoms with Crippen LogP contribution in [0.3, 0.4) is 0 Å². The summed E-state index contributed by atoms with van der Waals surface area (Å²) in [6, 6.07) is 10.6. The first-order valence-electron chi connectivity index (χ1n) is 14.1. The third-order valence-electron chi connectivity index (χ3n) is 7.96. The molecule has 2 aromatic rings. The molecule has 3 atom stereocenters. The van der Waals surface area contributed by atoms with Crippen LogP contribution in [0.25, 0.3) is 0 Å². The second-order valence-corrected chi connectivity index (χ2v) is 10.9. The van der Waals surface area contributed by atoms with Crippen LogP contribution in [0.5, 0.6) is 0 Å². The van der Waals surface area contributed by atoms with Gasteiger partial charge in [0.05, 0.1) is 23.3 Å². The highest BCUT2D eigenvalue weighted by molar-refractivity contribution is 5.76. The van der Waals surface area contributed by atoms with Gasteiger partial charge < -0.3 is 19.9 Å². The molecule has 0 saturated carbocycles. The molecule has 1 N–H and O–H groups in total. The zero-order valence-corrected chi connectivity index (χ0v) is 23.5. The lowest BCUT2D eigenvalue weighted by atomic mass is 9.87. The van der Waals surface area contributed by atoms with Crippen molar-refractivity contribution in [2.45, 2.75) is 76.1 Å². The monoisotopic (exact) mass is 599 g/mol. The molecule has 0 radical (unpaired) electrons. The van der Waals surface area contributed by atoms with Crippen molar-refractivity contribution in [1.29, 1.82) is 0 Å². The summed E-state index contributed by atoms with van der Waals surface area (Å²) in [7, 11) is 0. The van der Waals surface area contributed by atoms with Gasteiger partial charge in [0.1, 0.15) is 0 Å². The minimum Gasteiger partial charge on any atom is -0.370 e. The second kappa shape index (κ2) is 12.9. The first kappa shape index (κ1) is 31.7. The molecule has 42 heavy (non-hydrogen) atoms. The molecule has 0 aliphatic carbocycles. The van der Waals surface area contributed by atoms with Crippen LogP contribution >= 0.6 is 0 Å². The van der Waals surface area contributed by atoms with E-state index in [0.717, 1.165) is 5.56 Å². The van der Waals surface area contributed by atoms with E-state index in [1.807, 2.05) is 30.3 Å². The van der Waals surface area contributed by atoms with Crippen molar-refractivity contribution in [2.24, 2.45) is 0 Å². The van der Waals surface area contributed by atoms with Gasteiger partial charge in [0.15, 0.2) is 0 Å². The predicted octanol–water partition coefficient (Wildman–Crippen LogP) is 6.77. The molecule has 2 aromatic carbocycles. The van der Waals surface area contributed by atoms with Gasteiger partial charge in [0, 0.05) is 44.6 Å². The maximum Gasteiger partial charge on any atom is 0.416 e. The zero-order valence-electron chi connectivity index (χ0n) is 23.5. The Morgan fingerprint density at radius 3 is 2.02 bits per heavy atom. The Hall–Kier alpha value is -3.28. The Kier molecular flexibility index (Phi) is 9.74. The number of alkyl halides is 6. The zero-order chi connectivity index (χ0) is 30.7. The Morgan fingerprint density at radius 1 is 0.905 bits per heavy atom. The first-order chi connectivity index (χ1) is 19.8. The van der Waals surface area contributed by atoms with Crippen LogP contribution in [0.2, 0.25) is 0 Å². The van der Waals surface area contributed by atoms with Crippen molar-refractivity contribution >= 4 is 11.9 Å². The maximum absolute atomic E-state index is 13.4. The summed E-state index contributed by atoms with van der Waals surface area (Å²) in [6.07, 6.45) is -9.49. The van der Waals surface area contributed by atoms with Gasteiger partial charge in [-0.3, -0.25) is 4.79 Å². The largest absolute Gasteiger partial charge is 0.416 e. The average Bonchev–Trinajstić information content (AvgIpc) is 2.96. The Morgan fingerprint density at radius 2 is 1.48 bits per heavy atom. The van der Waals surface area contributed by atoms with E-state index in [-0.39, 0.29) is 42.1 Å². The number of nitrogens with one attached hydrogen (secondary N) is 1. The van der Waals surface area contributed by atoms with Gasteiger partial charge in [-0.2, -0.15) is 26.3 Å². The van der Waals surface area contributed by atoms with Crippen LogP contribution in [0.15, 0.2) is 48.5 Å². The number of benzene rings is 2. The molecular formula is C30H35F6N3O3. The number of piperidine rings is 2. The molecule has 4 rings (SSSR count). The van der Waals surface area contributed by atoms with Crippen LogP contribution in [-0.2, 0) is 21.9 Å². The normalized spacial score (nSPS) is 21.2. The molecule has 0 spiro atoms. The molecule has 2 heterocycles. The van der Waals surface area contributed by atoms with E-state index in [0.29, 0.717) is 57.5 Å². The van der Waals surface area contributed by atoms with Crippen molar-refractivity contribution in [3.8, 4) is 0 Å². The molecule has 3 amide bonds. The SMILES string of the molecule is CCC(=O)NC1CCN(C(=O)N2CC[C@H](O[C@H](C)c3cc(C(F)(F)F)cc(C(F)(F)F)c3)[C@H](c3ccccc3)C2)CC1. The molecule has 0 aromatic heterocycles. The highest BCUT2D eigenvalue weighted by atomic mass is 19.4. The summed E-state index contributed by atoms with van der Waals surface area (Å²) in [5.41, 5.74) is -2.14. The van der Waals surface area contributed by atoms with E-state index in [9.17, 15) is 35.9 Å². The minimum atomic E-state index is -4.95. The summed E-state index contributed by atoms with van der Waals surface area (Å²) in [5.74, 6) is -0.373. The van der Waals surface area contributed by atoms with Gasteiger partial charge in [-0.05, 0) is 55.5 Å². The standard InChI is InChI=1S/C30H35F6N3O3/c1-3-27(40)37-24-9-12-38(13-10-24)28(41)39-14-11-26(25(18-39)20-7-5-4-6-8-20)42-19(2)21-15-22(29(31,32)33)17-23(16-21)30(34,35)36/h4-8,15-17,19,24-26H,3,9-14,18H2,1-2H3,(H,37,40)/t19-,25+,26+/m1/s1. The van der Waals surface area contributed by atoms with E-state index in [2.05, 4.69) is 5.32 Å². The van der Waals surface area contributed by atoms with E-state index in [4.69, 9.17) is 4.74 Å². The lowest BCUT2D eigenvalue weighted by Crippen LogP contribution is -2.54. The van der Waals surface area contributed by atoms with Crippen LogP contribution in [0, 0.1) is 0 Å². The first-order valence-corrected chi connectivity index (χ1v) is 14.1. The van der Waals surface area contributed by atoms with E-state index < -0.39 is 35.7 Å². The topological polar surface area (TPSA) is 61.9 Å². The number of carbonyl (C=O) groups is 2. The molecule has 12 heteroatoms. The van der Waals surface area contributed by atoms with Crippen LogP contribution < -0.4 is 5.32 Å². The quantitative estimate of drug-likeness (QED) is 0.373. The number of carbonyl (C=O) groups excluding carboxylic acids is 2. The highest BCUT2D eigenvalue weighted by Crippen LogP contribution is 2.39. The van der Waals surface area contributed by atoms with Gasteiger partial charge >= 0.3 is 18.4 Å². The van der Waals surface area contributed by atoms with E-state index >= 15 is 0 Å². The number of rotatable bonds is 6. The number of likely N-dealkylation sites (tertiary alicyclic amines) is 2. The molecule has 2 aliphatic heterocycles. The minimum absolute atomic E-state index is 0.0212. The van der Waals surface area contributed by atoms with Gasteiger partial charge in [-0.25, -0.2) is 4.79 Å². The smallest absolute Gasteiger partial charge is 0.370 e. The van der Waals surface area contributed by atoms with Gasteiger partial charge in [-0.1, -0.05) is 37.3 Å². The molecule has 6 nitrogen and oxygen atoms in total. The number of halogens is 6. The fraction of sp³-hybridized carbons (Fsp3) is 0.533. The molecule has 2 saturated heterocycles. The summed E-state index contributed by atoms with van der Waals surface area (Å²) in [5, 5.41) is 2.97. The van der Waals surface area contributed by atoms with Crippen LogP contribution in [-0.4, -0.2) is 60.1 Å². The number of urea groups is 1. The predicted molar refractivity (Wildman–Crippen MR) is 144 cm³/mol. The molecule has 2 fully saturated rings. The number of hydrogen-bond donors (Lipinski definition) is 1. The fourth-order valence-corrected chi connectivity index (χ4v) is 5.59. The number of amides is 3. The number of nitrogens with zero attached hydrogens (tertiary/aromatic N) is 2. The number of hydrogen-bond acceptors (Lipinski definition) is 3. The summed E-state index contributed by atoms with van der Waals surface area (Å²) >= 11 is 0. The molecular weight excluding hydrogens is 564 g/mol. The number of ether oxygens (including phenoxy) is 1. The highest BCUT2D eigenvalue weighted by Gasteiger charge is 2.39. The van der Waals surface area contributed by atoms with Crippen molar-refractivity contribution in [2.75, 3.05) is 26.2 Å². The molecule has 230 valence electrons. The molecule has 0 unspecified atom stereocenters. The average molecular weight is 600 g/mol. The van der Waals surface area contributed by atoms with Crippen molar-refractivity contribution in [3.05, 3.63) is 70.8 Å². The second-order valence-electron chi connectivity index (χ2n) is 10.9. The van der Waals surface area contributed by atoms with Gasteiger partial charge in [-0.15, -0.1) is 0 Å². The Bertz CT molecular complexity index is 1200. The summed E-state index contributed by atoms with van der Waals surface area (Å²) < 4.78 is 86.8. The van der Waals surface area contributed by atoms with Gasteiger partial charge in [0.25, 0.3) is 0 Å². The van der Waals surface area contributed by atoms with Crippen molar-refractivity contribution in [1.82, 2.24) is 15.1 Å². The van der Waals surface area contributed by atoms with Crippen molar-refractivity contribution in [3.63, 3.8) is 0 Å². The van der Waals surface area contributed by atoms with Crippen LogP contribution in [0.4, 0.5) is 31.1 Å². The Labute approximate surface area is 241 Å². The third kappa shape index (κ3) is 7.76. The van der Waals surface area contributed by atoms with Crippen LogP contribution in [0.1, 0.15) is 73.8 Å². The lowest BCUT2D eigenvalue weighted by molar-refractivity contribution is -0.143. The van der Waals surface area contributed by atoms with Crippen molar-refractivity contribution < 1.29 is 40.7 Å². The molecule has 0 bridgehead atoms. The van der Waals surface area contributed by atoms with E-state index in [1.54, 1.807) is 16.7 Å². The Balaban J connectivity index is 1.50. The summed E-state index contributed by atoms with van der Waals surface area (Å²) in [4.78, 5) is 28.6. The maximum atomic E-state index is 13.4. The third-order valence-corrected chi connectivity index (χ3v) is 7.96. The lowest BCUT2D eigenvalue weighted by Gasteiger charge is -2.42.